The van der Waals surface area contributed by atoms with Crippen molar-refractivity contribution in [2.24, 2.45) is 0 Å². The molecule has 1 aliphatic rings. The van der Waals surface area contributed by atoms with Crippen LogP contribution in [0.1, 0.15) is 52.8 Å². The second kappa shape index (κ2) is 14.7. The van der Waals surface area contributed by atoms with Gasteiger partial charge in [0.25, 0.3) is 0 Å². The van der Waals surface area contributed by atoms with Gasteiger partial charge in [-0.15, -0.1) is 0 Å². The summed E-state index contributed by atoms with van der Waals surface area (Å²) in [5, 5.41) is 11.0. The van der Waals surface area contributed by atoms with E-state index >= 15 is 0 Å². The van der Waals surface area contributed by atoms with Gasteiger partial charge in [-0.25, -0.2) is 0 Å². The van der Waals surface area contributed by atoms with Crippen LogP contribution < -0.4 is 19.3 Å². The Morgan fingerprint density at radius 1 is 0.857 bits per heavy atom. The van der Waals surface area contributed by atoms with E-state index in [9.17, 15) is 10.1 Å². The Hall–Kier alpha value is -2.67. The first-order valence-corrected chi connectivity index (χ1v) is 19.0. The number of hydrogen-bond donors (Lipinski definition) is 0. The molecule has 1 fully saturated rings. The third kappa shape index (κ3) is 8.46. The van der Waals surface area contributed by atoms with Crippen LogP contribution in [0.15, 0.2) is 36.4 Å². The number of nitro groups is 1. The molecule has 3 aromatic carbocycles. The van der Waals surface area contributed by atoms with E-state index in [4.69, 9.17) is 28.9 Å². The van der Waals surface area contributed by atoms with E-state index in [-0.39, 0.29) is 17.5 Å². The van der Waals surface area contributed by atoms with Crippen LogP contribution in [0.4, 0.5) is 17.1 Å². The molecule has 1 aliphatic heterocycles. The number of benzene rings is 3. The van der Waals surface area contributed by atoms with E-state index in [2.05, 4.69) is 82.3 Å². The molecule has 0 N–H and O–H groups in total. The molecular formula is C32H39Cl2N3O4Ru. The average Bonchev–Trinajstić information content (AvgIpc) is 3.32. The van der Waals surface area contributed by atoms with Crippen molar-refractivity contribution in [3.8, 4) is 11.5 Å². The number of hydrogen-bond acceptors (Lipinski definition) is 6. The number of ether oxygens (including phenoxy) is 2. The fourth-order valence-corrected chi connectivity index (χ4v) is 7.14. The predicted molar refractivity (Wildman–Crippen MR) is 172 cm³/mol. The standard InChI is InChI=1S/C21H26N2.C11H13NO4.2ClH.Ru/c1-14-9-16(3)20(17(4)10-14)22-7-8-23(13-22)21-18(5)11-15(2)12-19(21)6;1-7(2)16-10-6-11(15-4)9(12(13)14)5-8(10)3;;;/h9-12H,7-8H2,1-6H3;3,5-7H,1-2,4H3;2*1H;/q;;;;+2/p-2. The van der Waals surface area contributed by atoms with Gasteiger partial charge in [0.1, 0.15) is 0 Å². The largest absolute Gasteiger partial charge is 0.339 e. The smallest absolute Gasteiger partial charge is 0.208 e. The molecule has 0 saturated carbocycles. The second-order valence-electron chi connectivity index (χ2n) is 10.7. The Labute approximate surface area is 263 Å². The number of methoxy groups -OCH3 is 1. The van der Waals surface area contributed by atoms with Crippen molar-refractivity contribution in [3.63, 3.8) is 0 Å². The van der Waals surface area contributed by atoms with Crippen molar-refractivity contribution in [3.05, 3.63) is 92.1 Å². The quantitative estimate of drug-likeness (QED) is 0.140. The van der Waals surface area contributed by atoms with Crippen molar-refractivity contribution in [2.75, 3.05) is 30.0 Å². The summed E-state index contributed by atoms with van der Waals surface area (Å²) in [5.74, 6) is 0.609. The molecule has 0 bridgehead atoms. The maximum Gasteiger partial charge on any atom is 0.208 e. The zero-order valence-corrected chi connectivity index (χ0v) is 28.9. The molecule has 7 nitrogen and oxygen atoms in total. The maximum atomic E-state index is 11.0. The summed E-state index contributed by atoms with van der Waals surface area (Å²) in [6.07, 6.45) is -0.0791. The van der Waals surface area contributed by atoms with E-state index in [1.165, 1.54) is 64.0 Å². The summed E-state index contributed by atoms with van der Waals surface area (Å²) in [4.78, 5) is 15.0. The van der Waals surface area contributed by atoms with Crippen molar-refractivity contribution in [1.82, 2.24) is 0 Å². The van der Waals surface area contributed by atoms with E-state index in [0.29, 0.717) is 11.3 Å². The van der Waals surface area contributed by atoms with E-state index in [0.717, 1.165) is 13.1 Å². The molecule has 228 valence electrons. The van der Waals surface area contributed by atoms with Gasteiger partial charge in [0.05, 0.1) is 0 Å². The van der Waals surface area contributed by atoms with Crippen molar-refractivity contribution < 1.29 is 27.9 Å². The van der Waals surface area contributed by atoms with Crippen molar-refractivity contribution in [2.45, 2.75) is 61.5 Å². The van der Waals surface area contributed by atoms with Gasteiger partial charge >= 0.3 is 124 Å². The third-order valence-corrected chi connectivity index (χ3v) is 8.49. The summed E-state index contributed by atoms with van der Waals surface area (Å²) >= 11 is -2.11. The van der Waals surface area contributed by atoms with Gasteiger partial charge in [0.2, 0.25) is 6.67 Å². The zero-order valence-electron chi connectivity index (χ0n) is 25.6. The minimum absolute atomic E-state index is 0.0791. The van der Waals surface area contributed by atoms with Crippen LogP contribution in [0.25, 0.3) is 0 Å². The first-order chi connectivity index (χ1) is 19.7. The number of halogens is 2. The zero-order chi connectivity index (χ0) is 31.3. The third-order valence-electron chi connectivity index (χ3n) is 6.66. The van der Waals surface area contributed by atoms with Gasteiger partial charge in [0, 0.05) is 24.5 Å². The Morgan fingerprint density at radius 3 is 1.67 bits per heavy atom. The number of nitrogens with zero attached hydrogens (tertiary/aromatic N) is 3. The van der Waals surface area contributed by atoms with Crippen LogP contribution >= 0.6 is 19.4 Å². The number of anilines is 2. The number of aryl methyl sites for hydroxylation is 6. The molecule has 4 rings (SSSR count). The summed E-state index contributed by atoms with van der Waals surface area (Å²) in [6.45, 7) is 22.4. The van der Waals surface area contributed by atoms with Gasteiger partial charge in [0.15, 0.2) is 0 Å². The Morgan fingerprint density at radius 2 is 1.31 bits per heavy atom. The fourth-order valence-electron chi connectivity index (χ4n) is 5.36. The minimum Gasteiger partial charge on any atom is -0.339 e. The van der Waals surface area contributed by atoms with E-state index in [1.54, 1.807) is 4.61 Å². The predicted octanol–water partition coefficient (Wildman–Crippen LogP) is 8.33. The van der Waals surface area contributed by atoms with Crippen LogP contribution in [0, 0.1) is 58.3 Å². The first-order valence-electron chi connectivity index (χ1n) is 13.5. The minimum atomic E-state index is -2.11. The Bertz CT molecular complexity index is 1380. The molecule has 10 heteroatoms. The molecule has 0 aromatic heterocycles. The fraction of sp³-hybridized carbons (Fsp3) is 0.375. The molecule has 42 heavy (non-hydrogen) atoms. The Balaban J connectivity index is 0.000000236. The maximum absolute atomic E-state index is 11.0. The SMILES string of the molecule is COc1cc(OC(C)C)c([CH]=[Ru]([Cl])[Cl])cc1[N+](=O)[O-].Cc1cc(C)c(N2[C]N(c3c(C)cc(C)cc3C)CC2)c(C)c1. The molecule has 0 amide bonds. The normalized spacial score (nSPS) is 13.1. The van der Waals surface area contributed by atoms with Crippen molar-refractivity contribution in [1.29, 1.82) is 0 Å². The van der Waals surface area contributed by atoms with E-state index in [1.807, 2.05) is 13.8 Å². The van der Waals surface area contributed by atoms with Gasteiger partial charge in [-0.2, -0.15) is 0 Å². The molecule has 1 heterocycles. The van der Waals surface area contributed by atoms with Gasteiger partial charge in [-0.05, 0) is 63.8 Å². The topological polar surface area (TPSA) is 68.1 Å². The number of nitro benzene ring substituents is 1. The first kappa shape index (κ1) is 33.8. The van der Waals surface area contributed by atoms with Gasteiger partial charge in [-0.3, -0.25) is 0 Å². The molecule has 2 radical (unpaired) electrons. The molecule has 0 spiro atoms. The van der Waals surface area contributed by atoms with Crippen LogP contribution in [0.5, 0.6) is 11.5 Å². The molecule has 0 atom stereocenters. The van der Waals surface area contributed by atoms with Crippen LogP contribution in [0.3, 0.4) is 0 Å². The number of rotatable bonds is 7. The summed E-state index contributed by atoms with van der Waals surface area (Å²) in [6, 6.07) is 11.9. The summed E-state index contributed by atoms with van der Waals surface area (Å²) < 4.78 is 12.2. The summed E-state index contributed by atoms with van der Waals surface area (Å²) in [5.41, 5.74) is 10.9. The van der Waals surface area contributed by atoms with Gasteiger partial charge in [-0.1, -0.05) is 35.4 Å². The van der Waals surface area contributed by atoms with Crippen molar-refractivity contribution >= 4 is 41.1 Å². The second-order valence-corrected chi connectivity index (χ2v) is 16.4. The molecule has 1 saturated heterocycles. The summed E-state index contributed by atoms with van der Waals surface area (Å²) in [7, 11) is 13.0. The van der Waals surface area contributed by atoms with Crippen LogP contribution in [-0.2, 0) is 13.5 Å². The molecule has 3 aromatic rings. The Kier molecular flexibility index (Phi) is 11.8. The molecular weight excluding hydrogens is 662 g/mol. The molecule has 0 unspecified atom stereocenters. The van der Waals surface area contributed by atoms with Crippen LogP contribution in [-0.4, -0.2) is 35.8 Å². The molecule has 0 aliphatic carbocycles. The van der Waals surface area contributed by atoms with Crippen LogP contribution in [0.2, 0.25) is 0 Å². The van der Waals surface area contributed by atoms with E-state index < -0.39 is 18.4 Å². The average molecular weight is 702 g/mol. The van der Waals surface area contributed by atoms with Gasteiger partial charge < -0.3 is 9.80 Å². The monoisotopic (exact) mass is 701 g/mol.